The molecule has 1 aliphatic heterocycles. The second kappa shape index (κ2) is 10.6. The van der Waals surface area contributed by atoms with Crippen molar-refractivity contribution >= 4 is 34.5 Å². The summed E-state index contributed by atoms with van der Waals surface area (Å²) in [7, 11) is 0. The Morgan fingerprint density at radius 3 is 2.67 bits per heavy atom. The van der Waals surface area contributed by atoms with E-state index in [9.17, 15) is 14.9 Å². The predicted molar refractivity (Wildman–Crippen MR) is 132 cm³/mol. The van der Waals surface area contributed by atoms with E-state index in [1.807, 2.05) is 6.07 Å². The zero-order valence-corrected chi connectivity index (χ0v) is 20.6. The number of rotatable bonds is 8. The van der Waals surface area contributed by atoms with E-state index >= 15 is 0 Å². The molecule has 1 fully saturated rings. The normalized spacial score (nSPS) is 17.3. The van der Waals surface area contributed by atoms with Gasteiger partial charge in [0.1, 0.15) is 23.0 Å². The molecular formula is C24H33N5O3S. The average molecular weight is 472 g/mol. The monoisotopic (exact) mass is 471 g/mol. The Hall–Kier alpha value is -2.57. The first-order chi connectivity index (χ1) is 15.6. The van der Waals surface area contributed by atoms with Crippen molar-refractivity contribution in [1.82, 2.24) is 15.2 Å². The lowest BCUT2D eigenvalue weighted by Gasteiger charge is -2.38. The van der Waals surface area contributed by atoms with Crippen LogP contribution in [0.1, 0.15) is 47.0 Å². The summed E-state index contributed by atoms with van der Waals surface area (Å²) in [5.41, 5.74) is -0.488. The highest BCUT2D eigenvalue weighted by molar-refractivity contribution is 8.00. The smallest absolute Gasteiger partial charge is 0.408 e. The SMILES string of the molecule is CCCN1CCC(C#N)(NC(=O)C(CSC(C)(C)C)Nc2nc(=O)oc3ccccc23)CC1. The topological polar surface area (TPSA) is 111 Å². The molecule has 3 rings (SSSR count). The number of nitrogens with zero attached hydrogens (tertiary/aromatic N) is 3. The predicted octanol–water partition coefficient (Wildman–Crippen LogP) is 3.38. The van der Waals surface area contributed by atoms with E-state index in [2.05, 4.69) is 54.3 Å². The van der Waals surface area contributed by atoms with Crippen LogP contribution >= 0.6 is 11.8 Å². The molecule has 1 aromatic heterocycles. The molecule has 1 aromatic carbocycles. The van der Waals surface area contributed by atoms with E-state index in [1.54, 1.807) is 30.0 Å². The molecule has 1 unspecified atom stereocenters. The minimum Gasteiger partial charge on any atom is -0.408 e. The number of amides is 1. The standard InChI is InChI=1S/C24H33N5O3S/c1-5-12-29-13-10-24(16-25,11-14-29)28-21(30)18(15-33-23(2,3)4)26-20-17-8-6-7-9-19(17)32-22(31)27-20/h6-9,18H,5,10-15H2,1-4H3,(H,28,30)(H,26,27,31). The average Bonchev–Trinajstić information content (AvgIpc) is 2.77. The van der Waals surface area contributed by atoms with Crippen LogP contribution in [0.25, 0.3) is 11.0 Å². The van der Waals surface area contributed by atoms with E-state index in [-0.39, 0.29) is 10.7 Å². The summed E-state index contributed by atoms with van der Waals surface area (Å²) in [5, 5.41) is 16.8. The lowest BCUT2D eigenvalue weighted by atomic mass is 9.88. The van der Waals surface area contributed by atoms with Crippen LogP contribution in [-0.2, 0) is 4.79 Å². The number of likely N-dealkylation sites (tertiary alicyclic amines) is 1. The molecule has 33 heavy (non-hydrogen) atoms. The maximum atomic E-state index is 13.4. The lowest BCUT2D eigenvalue weighted by molar-refractivity contribution is -0.123. The van der Waals surface area contributed by atoms with Gasteiger partial charge in [0, 0.05) is 23.6 Å². The number of nitriles is 1. The van der Waals surface area contributed by atoms with Crippen LogP contribution in [0.2, 0.25) is 0 Å². The molecular weight excluding hydrogens is 438 g/mol. The number of hydrogen-bond acceptors (Lipinski definition) is 8. The van der Waals surface area contributed by atoms with Gasteiger partial charge in [0.25, 0.3) is 0 Å². The van der Waals surface area contributed by atoms with Gasteiger partial charge in [-0.05, 0) is 37.9 Å². The fourth-order valence-electron chi connectivity index (χ4n) is 3.87. The molecule has 0 radical (unpaired) electrons. The molecule has 1 atom stereocenters. The zero-order valence-electron chi connectivity index (χ0n) is 19.8. The summed E-state index contributed by atoms with van der Waals surface area (Å²) in [6, 6.07) is 8.77. The molecule has 0 bridgehead atoms. The minimum absolute atomic E-state index is 0.0656. The third kappa shape index (κ3) is 6.71. The minimum atomic E-state index is -0.890. The van der Waals surface area contributed by atoms with Crippen molar-refractivity contribution in [1.29, 1.82) is 5.26 Å². The number of carbonyl (C=O) groups excluding carboxylic acids is 1. The van der Waals surface area contributed by atoms with Crippen LogP contribution < -0.4 is 16.4 Å². The number of anilines is 1. The van der Waals surface area contributed by atoms with E-state index in [4.69, 9.17) is 4.42 Å². The molecule has 178 valence electrons. The Labute approximate surface area is 199 Å². The molecule has 1 saturated heterocycles. The van der Waals surface area contributed by atoms with Gasteiger partial charge in [-0.1, -0.05) is 39.8 Å². The summed E-state index contributed by atoms with van der Waals surface area (Å²) in [6.07, 6.45) is 2.24. The van der Waals surface area contributed by atoms with Crippen LogP contribution in [0.4, 0.5) is 5.82 Å². The molecule has 1 amide bonds. The Kier molecular flexibility index (Phi) is 8.03. The first-order valence-electron chi connectivity index (χ1n) is 11.4. The second-order valence-corrected chi connectivity index (χ2v) is 11.3. The highest BCUT2D eigenvalue weighted by Crippen LogP contribution is 2.27. The molecule has 0 saturated carbocycles. The highest BCUT2D eigenvalue weighted by Gasteiger charge is 2.38. The summed E-state index contributed by atoms with van der Waals surface area (Å²) >= 11 is 1.63. The Balaban J connectivity index is 1.83. The van der Waals surface area contributed by atoms with Crippen molar-refractivity contribution in [3.8, 4) is 6.07 Å². The van der Waals surface area contributed by atoms with Gasteiger partial charge in [0.05, 0.1) is 11.5 Å². The third-order valence-electron chi connectivity index (χ3n) is 5.68. The van der Waals surface area contributed by atoms with E-state index in [0.717, 1.165) is 26.1 Å². The number of benzene rings is 1. The molecule has 2 N–H and O–H groups in total. The van der Waals surface area contributed by atoms with Gasteiger partial charge in [-0.25, -0.2) is 4.79 Å². The summed E-state index contributed by atoms with van der Waals surface area (Å²) < 4.78 is 5.12. The van der Waals surface area contributed by atoms with Crippen LogP contribution in [-0.4, -0.2) is 57.5 Å². The van der Waals surface area contributed by atoms with Crippen molar-refractivity contribution in [2.24, 2.45) is 0 Å². The first kappa shape index (κ1) is 25.1. The lowest BCUT2D eigenvalue weighted by Crippen LogP contribution is -2.58. The van der Waals surface area contributed by atoms with E-state index < -0.39 is 17.3 Å². The maximum Gasteiger partial charge on any atom is 0.441 e. The largest absolute Gasteiger partial charge is 0.441 e. The van der Waals surface area contributed by atoms with Gasteiger partial charge in [-0.15, -0.1) is 0 Å². The fraction of sp³-hybridized carbons (Fsp3) is 0.583. The molecule has 1 aliphatic rings. The van der Waals surface area contributed by atoms with Crippen LogP contribution in [0, 0.1) is 11.3 Å². The number of nitrogens with one attached hydrogen (secondary N) is 2. The summed E-state index contributed by atoms with van der Waals surface area (Å²) in [5.74, 6) is -0.234. The van der Waals surface area contributed by atoms with Crippen molar-refractivity contribution in [2.75, 3.05) is 30.7 Å². The van der Waals surface area contributed by atoms with Crippen LogP contribution in [0.3, 0.4) is 0 Å². The van der Waals surface area contributed by atoms with Crippen molar-refractivity contribution < 1.29 is 9.21 Å². The zero-order chi connectivity index (χ0) is 24.1. The number of para-hydroxylation sites is 1. The van der Waals surface area contributed by atoms with Gasteiger partial charge < -0.3 is 20.0 Å². The number of piperidine rings is 1. The van der Waals surface area contributed by atoms with Gasteiger partial charge in [-0.3, -0.25) is 4.79 Å². The number of thioether (sulfide) groups is 1. The fourth-order valence-corrected chi connectivity index (χ4v) is 4.77. The molecule has 8 nitrogen and oxygen atoms in total. The number of hydrogen-bond donors (Lipinski definition) is 2. The first-order valence-corrected chi connectivity index (χ1v) is 12.4. The Morgan fingerprint density at radius 1 is 1.33 bits per heavy atom. The van der Waals surface area contributed by atoms with Crippen LogP contribution in [0.15, 0.2) is 33.5 Å². The number of aromatic nitrogens is 1. The second-order valence-electron chi connectivity index (χ2n) is 9.47. The van der Waals surface area contributed by atoms with Crippen molar-refractivity contribution in [2.45, 2.75) is 63.3 Å². The van der Waals surface area contributed by atoms with Gasteiger partial charge in [0.2, 0.25) is 5.91 Å². The molecule has 9 heteroatoms. The molecule has 2 aromatic rings. The molecule has 0 spiro atoms. The maximum absolute atomic E-state index is 13.4. The van der Waals surface area contributed by atoms with Crippen molar-refractivity contribution in [3.63, 3.8) is 0 Å². The molecule has 2 heterocycles. The molecule has 0 aliphatic carbocycles. The Morgan fingerprint density at radius 2 is 2.03 bits per heavy atom. The quantitative estimate of drug-likeness (QED) is 0.603. The van der Waals surface area contributed by atoms with E-state index in [1.165, 1.54) is 0 Å². The van der Waals surface area contributed by atoms with E-state index in [0.29, 0.717) is 35.4 Å². The van der Waals surface area contributed by atoms with Crippen molar-refractivity contribution in [3.05, 3.63) is 34.8 Å². The summed E-state index contributed by atoms with van der Waals surface area (Å²) in [4.78, 5) is 31.8. The number of fused-ring (bicyclic) bond motifs is 1. The highest BCUT2D eigenvalue weighted by atomic mass is 32.2. The van der Waals surface area contributed by atoms with Crippen LogP contribution in [0.5, 0.6) is 0 Å². The van der Waals surface area contributed by atoms with Gasteiger partial charge in [-0.2, -0.15) is 22.0 Å². The van der Waals surface area contributed by atoms with Gasteiger partial charge >= 0.3 is 5.76 Å². The Bertz CT molecular complexity index is 1060. The number of carbonyl (C=O) groups is 1. The van der Waals surface area contributed by atoms with Gasteiger partial charge in [0.15, 0.2) is 0 Å². The third-order valence-corrected chi connectivity index (χ3v) is 7.04. The summed E-state index contributed by atoms with van der Waals surface area (Å²) in [6.45, 7) is 10.9.